The lowest BCUT2D eigenvalue weighted by atomic mass is 9.96. The normalized spacial score (nSPS) is 23.5. The third-order valence-electron chi connectivity index (χ3n) is 3.98. The van der Waals surface area contributed by atoms with Gasteiger partial charge in [-0.3, -0.25) is 4.90 Å². The molecular weight excluding hydrogens is 264 g/mol. The Bertz CT molecular complexity index is 419. The Morgan fingerprint density at radius 1 is 1.33 bits per heavy atom. The van der Waals surface area contributed by atoms with Gasteiger partial charge in [0, 0.05) is 19.1 Å². The van der Waals surface area contributed by atoms with Crippen molar-refractivity contribution in [2.45, 2.75) is 45.4 Å². The molecule has 0 radical (unpaired) electrons. The first-order chi connectivity index (χ1) is 10.2. The van der Waals surface area contributed by atoms with Gasteiger partial charge in [0.1, 0.15) is 5.75 Å². The SMILES string of the molecule is CCCOc1ccc(C2C(CN)OCCN2C(C)C)cc1. The summed E-state index contributed by atoms with van der Waals surface area (Å²) < 4.78 is 11.5. The van der Waals surface area contributed by atoms with Crippen molar-refractivity contribution in [2.75, 3.05) is 26.3 Å². The van der Waals surface area contributed by atoms with Crippen LogP contribution in [0.5, 0.6) is 5.75 Å². The van der Waals surface area contributed by atoms with E-state index in [9.17, 15) is 0 Å². The second kappa shape index (κ2) is 7.78. The van der Waals surface area contributed by atoms with Crippen LogP contribution in [0, 0.1) is 0 Å². The molecule has 1 aromatic carbocycles. The van der Waals surface area contributed by atoms with Gasteiger partial charge in [0.25, 0.3) is 0 Å². The molecule has 0 saturated carbocycles. The number of rotatable bonds is 6. The summed E-state index contributed by atoms with van der Waals surface area (Å²) in [5, 5.41) is 0. The van der Waals surface area contributed by atoms with Crippen LogP contribution in [0.3, 0.4) is 0 Å². The summed E-state index contributed by atoms with van der Waals surface area (Å²) in [6, 6.07) is 9.08. The predicted octanol–water partition coefficient (Wildman–Crippen LogP) is 2.58. The second-order valence-electron chi connectivity index (χ2n) is 5.84. The molecule has 1 aromatic rings. The molecule has 2 unspecified atom stereocenters. The van der Waals surface area contributed by atoms with Gasteiger partial charge in [0.05, 0.1) is 25.4 Å². The van der Waals surface area contributed by atoms with E-state index >= 15 is 0 Å². The van der Waals surface area contributed by atoms with E-state index in [2.05, 4.69) is 37.8 Å². The smallest absolute Gasteiger partial charge is 0.119 e. The lowest BCUT2D eigenvalue weighted by Crippen LogP contribution is -2.50. The first kappa shape index (κ1) is 16.3. The standard InChI is InChI=1S/C17H28N2O2/c1-4-10-20-15-7-5-14(6-8-15)17-16(12-18)21-11-9-19(17)13(2)3/h5-8,13,16-17H,4,9-12,18H2,1-3H3. The first-order valence-corrected chi connectivity index (χ1v) is 7.97. The molecule has 4 heteroatoms. The predicted molar refractivity (Wildman–Crippen MR) is 85.6 cm³/mol. The van der Waals surface area contributed by atoms with Crippen LogP contribution in [0.15, 0.2) is 24.3 Å². The number of morpholine rings is 1. The van der Waals surface area contributed by atoms with Gasteiger partial charge in [-0.2, -0.15) is 0 Å². The van der Waals surface area contributed by atoms with Crippen molar-refractivity contribution in [2.24, 2.45) is 5.73 Å². The maximum absolute atomic E-state index is 5.91. The van der Waals surface area contributed by atoms with E-state index in [1.54, 1.807) is 0 Å². The summed E-state index contributed by atoms with van der Waals surface area (Å²) in [6.07, 6.45) is 1.08. The van der Waals surface area contributed by atoms with Crippen molar-refractivity contribution in [3.63, 3.8) is 0 Å². The fourth-order valence-corrected chi connectivity index (χ4v) is 2.92. The molecule has 0 aliphatic carbocycles. The Kier molecular flexibility index (Phi) is 6.03. The Balaban J connectivity index is 2.18. The van der Waals surface area contributed by atoms with Crippen molar-refractivity contribution in [1.82, 2.24) is 4.90 Å². The molecule has 2 rings (SSSR count). The topological polar surface area (TPSA) is 47.7 Å². The van der Waals surface area contributed by atoms with Crippen molar-refractivity contribution in [3.8, 4) is 5.75 Å². The zero-order chi connectivity index (χ0) is 15.2. The van der Waals surface area contributed by atoms with E-state index in [-0.39, 0.29) is 12.1 Å². The van der Waals surface area contributed by atoms with Crippen LogP contribution in [0.25, 0.3) is 0 Å². The van der Waals surface area contributed by atoms with Gasteiger partial charge in [-0.05, 0) is 38.0 Å². The van der Waals surface area contributed by atoms with Crippen LogP contribution >= 0.6 is 0 Å². The highest BCUT2D eigenvalue weighted by molar-refractivity contribution is 5.30. The number of hydrogen-bond acceptors (Lipinski definition) is 4. The average Bonchev–Trinajstić information content (AvgIpc) is 2.52. The molecule has 4 nitrogen and oxygen atoms in total. The molecule has 0 aromatic heterocycles. The monoisotopic (exact) mass is 292 g/mol. The second-order valence-corrected chi connectivity index (χ2v) is 5.84. The van der Waals surface area contributed by atoms with Gasteiger partial charge in [0.15, 0.2) is 0 Å². The van der Waals surface area contributed by atoms with Crippen LogP contribution in [0.2, 0.25) is 0 Å². The third-order valence-corrected chi connectivity index (χ3v) is 3.98. The first-order valence-electron chi connectivity index (χ1n) is 7.97. The zero-order valence-corrected chi connectivity index (χ0v) is 13.4. The molecule has 21 heavy (non-hydrogen) atoms. The molecule has 1 saturated heterocycles. The van der Waals surface area contributed by atoms with Gasteiger partial charge >= 0.3 is 0 Å². The third kappa shape index (κ3) is 3.96. The van der Waals surface area contributed by atoms with Crippen molar-refractivity contribution in [1.29, 1.82) is 0 Å². The molecule has 0 bridgehead atoms. The van der Waals surface area contributed by atoms with E-state index in [0.717, 1.165) is 31.9 Å². The van der Waals surface area contributed by atoms with Gasteiger partial charge in [-0.1, -0.05) is 19.1 Å². The molecule has 2 atom stereocenters. The van der Waals surface area contributed by atoms with E-state index in [4.69, 9.17) is 15.2 Å². The van der Waals surface area contributed by atoms with E-state index in [0.29, 0.717) is 12.6 Å². The van der Waals surface area contributed by atoms with Gasteiger partial charge in [-0.15, -0.1) is 0 Å². The van der Waals surface area contributed by atoms with Gasteiger partial charge in [0.2, 0.25) is 0 Å². The summed E-state index contributed by atoms with van der Waals surface area (Å²) in [5.74, 6) is 0.928. The molecule has 1 heterocycles. The Hall–Kier alpha value is -1.10. The van der Waals surface area contributed by atoms with Crippen molar-refractivity contribution >= 4 is 0 Å². The summed E-state index contributed by atoms with van der Waals surface area (Å²) in [5.41, 5.74) is 7.17. The van der Waals surface area contributed by atoms with E-state index < -0.39 is 0 Å². The minimum absolute atomic E-state index is 0.0589. The fourth-order valence-electron chi connectivity index (χ4n) is 2.92. The highest BCUT2D eigenvalue weighted by Gasteiger charge is 2.33. The molecule has 1 fully saturated rings. The number of benzene rings is 1. The number of hydrogen-bond donors (Lipinski definition) is 1. The van der Waals surface area contributed by atoms with Crippen LogP contribution < -0.4 is 10.5 Å². The maximum atomic E-state index is 5.91. The maximum Gasteiger partial charge on any atom is 0.119 e. The van der Waals surface area contributed by atoms with Crippen molar-refractivity contribution < 1.29 is 9.47 Å². The molecule has 1 aliphatic rings. The fraction of sp³-hybridized carbons (Fsp3) is 0.647. The summed E-state index contributed by atoms with van der Waals surface area (Å²) in [6.45, 7) is 9.58. The zero-order valence-electron chi connectivity index (χ0n) is 13.4. The van der Waals surface area contributed by atoms with Crippen molar-refractivity contribution in [3.05, 3.63) is 29.8 Å². The van der Waals surface area contributed by atoms with Crippen LogP contribution in [0.1, 0.15) is 38.8 Å². The number of nitrogens with zero attached hydrogens (tertiary/aromatic N) is 1. The highest BCUT2D eigenvalue weighted by Crippen LogP contribution is 2.31. The van der Waals surface area contributed by atoms with E-state index in [1.807, 2.05) is 12.1 Å². The molecule has 0 amide bonds. The van der Waals surface area contributed by atoms with Crippen LogP contribution in [0.4, 0.5) is 0 Å². The Morgan fingerprint density at radius 3 is 2.62 bits per heavy atom. The summed E-state index contributed by atoms with van der Waals surface area (Å²) in [7, 11) is 0. The average molecular weight is 292 g/mol. The Morgan fingerprint density at radius 2 is 2.05 bits per heavy atom. The highest BCUT2D eigenvalue weighted by atomic mass is 16.5. The summed E-state index contributed by atoms with van der Waals surface area (Å²) >= 11 is 0. The minimum Gasteiger partial charge on any atom is -0.494 e. The number of ether oxygens (including phenoxy) is 2. The lowest BCUT2D eigenvalue weighted by Gasteiger charge is -2.43. The van der Waals surface area contributed by atoms with E-state index in [1.165, 1.54) is 5.56 Å². The molecular formula is C17H28N2O2. The molecule has 2 N–H and O–H groups in total. The molecule has 118 valence electrons. The summed E-state index contributed by atoms with van der Waals surface area (Å²) in [4.78, 5) is 2.48. The lowest BCUT2D eigenvalue weighted by molar-refractivity contribution is -0.0789. The van der Waals surface area contributed by atoms with Crippen LogP contribution in [-0.2, 0) is 4.74 Å². The number of nitrogens with two attached hydrogens (primary N) is 1. The van der Waals surface area contributed by atoms with Gasteiger partial charge < -0.3 is 15.2 Å². The minimum atomic E-state index is 0.0589. The molecule has 1 aliphatic heterocycles. The van der Waals surface area contributed by atoms with Gasteiger partial charge in [-0.25, -0.2) is 0 Å². The quantitative estimate of drug-likeness (QED) is 0.875. The molecule has 0 spiro atoms. The van der Waals surface area contributed by atoms with Crippen LogP contribution in [-0.4, -0.2) is 43.3 Å². The Labute approximate surface area is 128 Å². The largest absolute Gasteiger partial charge is 0.494 e.